The summed E-state index contributed by atoms with van der Waals surface area (Å²) in [6, 6.07) is 4.05. The highest BCUT2D eigenvalue weighted by molar-refractivity contribution is 14.0. The highest BCUT2D eigenvalue weighted by atomic mass is 127. The van der Waals surface area contributed by atoms with Crippen molar-refractivity contribution in [2.24, 2.45) is 4.99 Å². The van der Waals surface area contributed by atoms with E-state index in [0.29, 0.717) is 25.6 Å². The summed E-state index contributed by atoms with van der Waals surface area (Å²) >= 11 is 1.63. The van der Waals surface area contributed by atoms with Gasteiger partial charge in [0.15, 0.2) is 5.96 Å². The normalized spacial score (nSPS) is 17.0. The number of benzene rings is 1. The molecule has 0 radical (unpaired) electrons. The molecule has 0 amide bonds. The number of aryl methyl sites for hydroxylation is 1. The molecule has 1 saturated heterocycles. The lowest BCUT2D eigenvalue weighted by Crippen LogP contribution is -2.44. The monoisotopic (exact) mass is 507 g/mol. The maximum absolute atomic E-state index is 14.0. The van der Waals surface area contributed by atoms with E-state index >= 15 is 0 Å². The van der Waals surface area contributed by atoms with Crippen molar-refractivity contribution in [1.82, 2.24) is 15.6 Å². The lowest BCUT2D eigenvalue weighted by molar-refractivity contribution is 0.576. The fraction of sp³-hybridized carbons (Fsp3) is 0.444. The van der Waals surface area contributed by atoms with Crippen LogP contribution >= 0.6 is 35.3 Å². The van der Waals surface area contributed by atoms with E-state index in [1.165, 1.54) is 18.2 Å². The number of hydrogen-bond donors (Lipinski definition) is 2. The first-order valence-electron chi connectivity index (χ1n) is 8.72. The zero-order valence-electron chi connectivity index (χ0n) is 15.3. The second-order valence-electron chi connectivity index (χ2n) is 6.19. The Bertz CT molecular complexity index is 763. The van der Waals surface area contributed by atoms with Crippen molar-refractivity contribution in [3.63, 3.8) is 0 Å². The Hall–Kier alpha value is -1.49. The molecule has 1 fully saturated rings. The van der Waals surface area contributed by atoms with Crippen LogP contribution in [0.3, 0.4) is 0 Å². The van der Waals surface area contributed by atoms with Crippen LogP contribution in [0.4, 0.5) is 14.5 Å². The molecular weight excluding hydrogens is 483 g/mol. The number of aromatic nitrogens is 1. The molecule has 1 aliphatic rings. The number of halogens is 3. The van der Waals surface area contributed by atoms with Gasteiger partial charge in [0, 0.05) is 36.8 Å². The van der Waals surface area contributed by atoms with Gasteiger partial charge in [-0.15, -0.1) is 35.3 Å². The molecule has 27 heavy (non-hydrogen) atoms. The van der Waals surface area contributed by atoms with Crippen LogP contribution in [0.2, 0.25) is 0 Å². The summed E-state index contributed by atoms with van der Waals surface area (Å²) in [5, 5.41) is 7.61. The molecule has 9 heteroatoms. The quantitative estimate of drug-likeness (QED) is 0.369. The number of nitrogens with zero attached hydrogens (tertiary/aromatic N) is 3. The van der Waals surface area contributed by atoms with Crippen molar-refractivity contribution < 1.29 is 8.78 Å². The van der Waals surface area contributed by atoms with Gasteiger partial charge in [0.1, 0.15) is 17.3 Å². The first-order chi connectivity index (χ1) is 12.6. The average molecular weight is 507 g/mol. The van der Waals surface area contributed by atoms with Gasteiger partial charge in [-0.2, -0.15) is 0 Å². The predicted octanol–water partition coefficient (Wildman–Crippen LogP) is 3.68. The molecule has 148 valence electrons. The Kier molecular flexibility index (Phi) is 8.21. The van der Waals surface area contributed by atoms with Gasteiger partial charge < -0.3 is 15.5 Å². The summed E-state index contributed by atoms with van der Waals surface area (Å²) in [5.41, 5.74) is 0.0545. The number of guanidine groups is 1. The number of nitrogens with one attached hydrogen (secondary N) is 2. The minimum Gasteiger partial charge on any atom is -0.365 e. The lowest BCUT2D eigenvalue weighted by Gasteiger charge is -2.21. The van der Waals surface area contributed by atoms with Gasteiger partial charge >= 0.3 is 0 Å². The number of rotatable bonds is 5. The zero-order chi connectivity index (χ0) is 18.5. The molecule has 1 aromatic heterocycles. The summed E-state index contributed by atoms with van der Waals surface area (Å²) in [4.78, 5) is 11.7. The van der Waals surface area contributed by atoms with Gasteiger partial charge in [-0.3, -0.25) is 0 Å². The van der Waals surface area contributed by atoms with Gasteiger partial charge in [0.2, 0.25) is 0 Å². The fourth-order valence-electron chi connectivity index (χ4n) is 3.02. The van der Waals surface area contributed by atoms with Crippen LogP contribution in [0, 0.1) is 18.6 Å². The largest absolute Gasteiger partial charge is 0.365 e. The third-order valence-corrected chi connectivity index (χ3v) is 5.09. The number of anilines is 1. The second kappa shape index (κ2) is 10.2. The van der Waals surface area contributed by atoms with Crippen LogP contribution in [0.1, 0.15) is 23.2 Å². The fourth-order valence-corrected chi connectivity index (χ4v) is 3.74. The van der Waals surface area contributed by atoms with E-state index in [2.05, 4.69) is 20.6 Å². The molecule has 1 unspecified atom stereocenters. The van der Waals surface area contributed by atoms with Gasteiger partial charge in [0.25, 0.3) is 0 Å². The van der Waals surface area contributed by atoms with Crippen LogP contribution in [0.25, 0.3) is 0 Å². The standard InChI is InChI=1S/C18H23F2N5S.HI/c1-3-21-18(23-10-14-9-22-12(2)26-14)24-13-7-8-25(11-13)17-15(19)5-4-6-16(17)20;/h4-6,9,13H,3,7-8,10-11H2,1-2H3,(H2,21,23,24);1H. The molecular formula is C18H24F2IN5S. The Balaban J connectivity index is 0.00000261. The minimum atomic E-state index is -0.521. The lowest BCUT2D eigenvalue weighted by atomic mass is 10.2. The highest BCUT2D eigenvalue weighted by Crippen LogP contribution is 2.26. The Labute approximate surface area is 179 Å². The first-order valence-corrected chi connectivity index (χ1v) is 9.53. The predicted molar refractivity (Wildman–Crippen MR) is 117 cm³/mol. The second-order valence-corrected chi connectivity index (χ2v) is 7.51. The summed E-state index contributed by atoms with van der Waals surface area (Å²) in [6.07, 6.45) is 2.63. The van der Waals surface area contributed by atoms with Crippen molar-refractivity contribution in [3.8, 4) is 0 Å². The van der Waals surface area contributed by atoms with Crippen LogP contribution in [-0.4, -0.2) is 36.6 Å². The molecule has 2 heterocycles. The third kappa shape index (κ3) is 5.74. The van der Waals surface area contributed by atoms with E-state index in [9.17, 15) is 8.78 Å². The van der Waals surface area contributed by atoms with Crippen molar-refractivity contribution >= 4 is 47.0 Å². The molecule has 5 nitrogen and oxygen atoms in total. The third-order valence-electron chi connectivity index (χ3n) is 4.19. The summed E-state index contributed by atoms with van der Waals surface area (Å²) in [5.74, 6) is -0.335. The molecule has 2 N–H and O–H groups in total. The molecule has 3 rings (SSSR count). The van der Waals surface area contributed by atoms with Crippen LogP contribution in [-0.2, 0) is 6.54 Å². The molecule has 0 saturated carbocycles. The van der Waals surface area contributed by atoms with Gasteiger partial charge in [0.05, 0.1) is 11.6 Å². The van der Waals surface area contributed by atoms with E-state index < -0.39 is 11.6 Å². The van der Waals surface area contributed by atoms with Crippen molar-refractivity contribution in [1.29, 1.82) is 0 Å². The van der Waals surface area contributed by atoms with E-state index in [4.69, 9.17) is 0 Å². The summed E-state index contributed by atoms with van der Waals surface area (Å²) in [6.45, 7) is 6.40. The molecule has 1 atom stereocenters. The van der Waals surface area contributed by atoms with Crippen molar-refractivity contribution in [3.05, 3.63) is 45.9 Å². The molecule has 2 aromatic rings. The Morgan fingerprint density at radius 1 is 1.37 bits per heavy atom. The Morgan fingerprint density at radius 3 is 2.74 bits per heavy atom. The van der Waals surface area contributed by atoms with E-state index in [0.717, 1.165) is 22.9 Å². The Morgan fingerprint density at radius 2 is 2.11 bits per heavy atom. The van der Waals surface area contributed by atoms with Gasteiger partial charge in [-0.05, 0) is 32.4 Å². The topological polar surface area (TPSA) is 52.6 Å². The maximum atomic E-state index is 14.0. The molecule has 0 aliphatic carbocycles. The zero-order valence-corrected chi connectivity index (χ0v) is 18.5. The number of aliphatic imine (C=N–C) groups is 1. The van der Waals surface area contributed by atoms with Gasteiger partial charge in [-0.1, -0.05) is 6.07 Å². The van der Waals surface area contributed by atoms with E-state index in [1.54, 1.807) is 16.2 Å². The van der Waals surface area contributed by atoms with E-state index in [-0.39, 0.29) is 35.7 Å². The average Bonchev–Trinajstić information content (AvgIpc) is 3.22. The van der Waals surface area contributed by atoms with Crippen LogP contribution in [0.5, 0.6) is 0 Å². The highest BCUT2D eigenvalue weighted by Gasteiger charge is 2.27. The van der Waals surface area contributed by atoms with Crippen molar-refractivity contribution in [2.45, 2.75) is 32.9 Å². The van der Waals surface area contributed by atoms with Crippen LogP contribution < -0.4 is 15.5 Å². The smallest absolute Gasteiger partial charge is 0.191 e. The number of para-hydroxylation sites is 1. The van der Waals surface area contributed by atoms with Crippen molar-refractivity contribution in [2.75, 3.05) is 24.5 Å². The molecule has 1 aromatic carbocycles. The number of hydrogen-bond acceptors (Lipinski definition) is 4. The number of thiazole rings is 1. The first kappa shape index (κ1) is 21.8. The van der Waals surface area contributed by atoms with E-state index in [1.807, 2.05) is 20.0 Å². The van der Waals surface area contributed by atoms with Gasteiger partial charge in [-0.25, -0.2) is 18.8 Å². The maximum Gasteiger partial charge on any atom is 0.191 e. The minimum absolute atomic E-state index is 0. The molecule has 1 aliphatic heterocycles. The molecule has 0 bridgehead atoms. The summed E-state index contributed by atoms with van der Waals surface area (Å²) in [7, 11) is 0. The molecule has 0 spiro atoms. The summed E-state index contributed by atoms with van der Waals surface area (Å²) < 4.78 is 28.0. The van der Waals surface area contributed by atoms with Crippen LogP contribution in [0.15, 0.2) is 29.4 Å². The SMILES string of the molecule is CCNC(=NCc1cnc(C)s1)NC1CCN(c2c(F)cccc2F)C1.I.